The van der Waals surface area contributed by atoms with Crippen LogP contribution in [0.1, 0.15) is 43.4 Å². The lowest BCUT2D eigenvalue weighted by molar-refractivity contribution is -0.122. The molecular formula is C15H22N2O. The number of hydrogen-bond donors (Lipinski definition) is 2. The van der Waals surface area contributed by atoms with Crippen molar-refractivity contribution in [3.8, 4) is 0 Å². The predicted molar refractivity (Wildman–Crippen MR) is 73.1 cm³/mol. The van der Waals surface area contributed by atoms with Crippen molar-refractivity contribution in [2.45, 2.75) is 45.2 Å². The van der Waals surface area contributed by atoms with Crippen LogP contribution in [-0.2, 0) is 4.79 Å². The van der Waals surface area contributed by atoms with Gasteiger partial charge >= 0.3 is 0 Å². The molecule has 1 aromatic carbocycles. The molecule has 0 bridgehead atoms. The van der Waals surface area contributed by atoms with Gasteiger partial charge in [-0.3, -0.25) is 4.79 Å². The van der Waals surface area contributed by atoms with Gasteiger partial charge in [0.25, 0.3) is 0 Å². The van der Waals surface area contributed by atoms with Crippen LogP contribution in [0.25, 0.3) is 0 Å². The van der Waals surface area contributed by atoms with Crippen LogP contribution in [0.15, 0.2) is 24.3 Å². The monoisotopic (exact) mass is 246 g/mol. The van der Waals surface area contributed by atoms with Crippen molar-refractivity contribution < 1.29 is 4.79 Å². The molecule has 1 aromatic rings. The van der Waals surface area contributed by atoms with Crippen LogP contribution in [0.2, 0.25) is 0 Å². The third-order valence-corrected chi connectivity index (χ3v) is 3.71. The Bertz CT molecular complexity index is 426. The molecule has 0 radical (unpaired) electrons. The van der Waals surface area contributed by atoms with Crippen LogP contribution < -0.4 is 11.1 Å². The highest BCUT2D eigenvalue weighted by Crippen LogP contribution is 2.32. The van der Waals surface area contributed by atoms with Gasteiger partial charge in [0.1, 0.15) is 0 Å². The lowest BCUT2D eigenvalue weighted by atomic mass is 9.99. The molecule has 0 heterocycles. The summed E-state index contributed by atoms with van der Waals surface area (Å²) in [6, 6.07) is 8.06. The molecule has 18 heavy (non-hydrogen) atoms. The van der Waals surface area contributed by atoms with E-state index in [1.165, 1.54) is 12.8 Å². The van der Waals surface area contributed by atoms with E-state index in [9.17, 15) is 4.79 Å². The van der Waals surface area contributed by atoms with Crippen LogP contribution in [0, 0.1) is 12.8 Å². The lowest BCUT2D eigenvalue weighted by Crippen LogP contribution is -2.35. The number of aryl methyl sites for hydroxylation is 1. The zero-order chi connectivity index (χ0) is 13.1. The summed E-state index contributed by atoms with van der Waals surface area (Å²) in [5.74, 6) is 0.744. The first-order chi connectivity index (χ1) is 8.58. The van der Waals surface area contributed by atoms with E-state index in [4.69, 9.17) is 5.73 Å². The average Bonchev–Trinajstić information content (AvgIpc) is 3.12. The summed E-state index contributed by atoms with van der Waals surface area (Å²) in [5, 5.41) is 3.04. The maximum atomic E-state index is 11.9. The topological polar surface area (TPSA) is 55.1 Å². The van der Waals surface area contributed by atoms with Crippen molar-refractivity contribution in [3.63, 3.8) is 0 Å². The largest absolute Gasteiger partial charge is 0.353 e. The van der Waals surface area contributed by atoms with Crippen LogP contribution in [0.3, 0.4) is 0 Å². The van der Waals surface area contributed by atoms with Gasteiger partial charge in [-0.25, -0.2) is 0 Å². The molecule has 3 N–H and O–H groups in total. The number of amides is 1. The molecule has 0 aromatic heterocycles. The van der Waals surface area contributed by atoms with Gasteiger partial charge in [0.05, 0.1) is 0 Å². The molecule has 0 spiro atoms. The number of carbonyl (C=O) groups is 1. The fraction of sp³-hybridized carbons (Fsp3) is 0.533. The highest BCUT2D eigenvalue weighted by atomic mass is 16.1. The molecule has 2 atom stereocenters. The maximum Gasteiger partial charge on any atom is 0.222 e. The van der Waals surface area contributed by atoms with E-state index in [1.54, 1.807) is 0 Å². The van der Waals surface area contributed by atoms with Crippen molar-refractivity contribution in [1.29, 1.82) is 0 Å². The van der Waals surface area contributed by atoms with Crippen molar-refractivity contribution in [2.75, 3.05) is 0 Å². The molecule has 98 valence electrons. The first-order valence-electron chi connectivity index (χ1n) is 6.68. The van der Waals surface area contributed by atoms with Crippen LogP contribution in [0.4, 0.5) is 0 Å². The Morgan fingerprint density at radius 3 is 2.72 bits per heavy atom. The van der Waals surface area contributed by atoms with E-state index in [-0.39, 0.29) is 11.9 Å². The standard InChI is InChI=1S/C15H22N2O/c1-10-5-3-4-6-13(10)14(16)9-15(18)17-11(2)12-7-8-12/h3-6,11-12,14H,7-9,16H2,1-2H3,(H,17,18)/t11-,14-/m0/s1. The molecule has 0 unspecified atom stereocenters. The van der Waals surface area contributed by atoms with Gasteiger partial charge in [0.2, 0.25) is 5.91 Å². The summed E-state index contributed by atoms with van der Waals surface area (Å²) >= 11 is 0. The van der Waals surface area contributed by atoms with E-state index in [2.05, 4.69) is 12.2 Å². The molecule has 1 fully saturated rings. The normalized spacial score (nSPS) is 18.2. The zero-order valence-corrected chi connectivity index (χ0v) is 11.1. The van der Waals surface area contributed by atoms with E-state index in [0.29, 0.717) is 18.4 Å². The molecule has 2 rings (SSSR count). The third kappa shape index (κ3) is 3.33. The second kappa shape index (κ2) is 5.53. The molecule has 1 aliphatic rings. The Kier molecular flexibility index (Phi) is 4.02. The van der Waals surface area contributed by atoms with Gasteiger partial charge in [-0.2, -0.15) is 0 Å². The number of benzene rings is 1. The Labute approximate surface area is 109 Å². The molecule has 1 saturated carbocycles. The molecular weight excluding hydrogens is 224 g/mol. The van der Waals surface area contributed by atoms with Crippen LogP contribution in [0.5, 0.6) is 0 Å². The minimum atomic E-state index is -0.211. The highest BCUT2D eigenvalue weighted by Gasteiger charge is 2.29. The lowest BCUT2D eigenvalue weighted by Gasteiger charge is -2.17. The maximum absolute atomic E-state index is 11.9. The minimum absolute atomic E-state index is 0.0603. The average molecular weight is 246 g/mol. The Hall–Kier alpha value is -1.35. The van der Waals surface area contributed by atoms with Crippen LogP contribution in [-0.4, -0.2) is 11.9 Å². The van der Waals surface area contributed by atoms with Gasteiger partial charge in [0, 0.05) is 18.5 Å². The minimum Gasteiger partial charge on any atom is -0.353 e. The Morgan fingerprint density at radius 2 is 2.11 bits per heavy atom. The molecule has 0 aliphatic heterocycles. The van der Waals surface area contributed by atoms with Crippen molar-refractivity contribution in [1.82, 2.24) is 5.32 Å². The van der Waals surface area contributed by atoms with E-state index in [1.807, 2.05) is 31.2 Å². The second-order valence-electron chi connectivity index (χ2n) is 5.36. The number of hydrogen-bond acceptors (Lipinski definition) is 2. The number of carbonyl (C=O) groups excluding carboxylic acids is 1. The second-order valence-corrected chi connectivity index (χ2v) is 5.36. The predicted octanol–water partition coefficient (Wildman–Crippen LogP) is 2.30. The quantitative estimate of drug-likeness (QED) is 0.837. The molecule has 1 amide bonds. The number of rotatable bonds is 5. The molecule has 3 nitrogen and oxygen atoms in total. The van der Waals surface area contributed by atoms with E-state index < -0.39 is 0 Å². The SMILES string of the molecule is Cc1ccccc1[C@@H](N)CC(=O)N[C@@H](C)C1CC1. The summed E-state index contributed by atoms with van der Waals surface area (Å²) in [5.41, 5.74) is 8.31. The van der Waals surface area contributed by atoms with Crippen molar-refractivity contribution >= 4 is 5.91 Å². The summed E-state index contributed by atoms with van der Waals surface area (Å²) in [6.07, 6.45) is 2.85. The van der Waals surface area contributed by atoms with Gasteiger partial charge in [-0.15, -0.1) is 0 Å². The van der Waals surface area contributed by atoms with Gasteiger partial charge < -0.3 is 11.1 Å². The first kappa shape index (κ1) is 13.1. The summed E-state index contributed by atoms with van der Waals surface area (Å²) in [7, 11) is 0. The Morgan fingerprint density at radius 1 is 1.44 bits per heavy atom. The fourth-order valence-corrected chi connectivity index (χ4v) is 2.34. The summed E-state index contributed by atoms with van der Waals surface area (Å²) in [6.45, 7) is 4.11. The molecule has 0 saturated heterocycles. The number of nitrogens with one attached hydrogen (secondary N) is 1. The van der Waals surface area contributed by atoms with Gasteiger partial charge in [0.15, 0.2) is 0 Å². The van der Waals surface area contributed by atoms with Crippen LogP contribution >= 0.6 is 0 Å². The molecule has 3 heteroatoms. The first-order valence-corrected chi connectivity index (χ1v) is 6.68. The highest BCUT2D eigenvalue weighted by molar-refractivity contribution is 5.77. The fourth-order valence-electron chi connectivity index (χ4n) is 2.34. The smallest absolute Gasteiger partial charge is 0.222 e. The zero-order valence-electron chi connectivity index (χ0n) is 11.1. The number of nitrogens with two attached hydrogens (primary N) is 1. The Balaban J connectivity index is 1.88. The van der Waals surface area contributed by atoms with E-state index >= 15 is 0 Å². The van der Waals surface area contributed by atoms with Gasteiger partial charge in [-0.05, 0) is 43.7 Å². The third-order valence-electron chi connectivity index (χ3n) is 3.71. The van der Waals surface area contributed by atoms with Gasteiger partial charge in [-0.1, -0.05) is 24.3 Å². The molecule has 1 aliphatic carbocycles. The summed E-state index contributed by atoms with van der Waals surface area (Å²) < 4.78 is 0. The van der Waals surface area contributed by atoms with Crippen molar-refractivity contribution in [2.24, 2.45) is 11.7 Å². The van der Waals surface area contributed by atoms with E-state index in [0.717, 1.165) is 11.1 Å². The van der Waals surface area contributed by atoms with Crippen molar-refractivity contribution in [3.05, 3.63) is 35.4 Å². The summed E-state index contributed by atoms with van der Waals surface area (Å²) in [4.78, 5) is 11.9.